The summed E-state index contributed by atoms with van der Waals surface area (Å²) in [5.41, 5.74) is 0. The third kappa shape index (κ3) is 5.33. The summed E-state index contributed by atoms with van der Waals surface area (Å²) in [5, 5.41) is 33.2. The molecule has 44 heavy (non-hydrogen) atoms. The summed E-state index contributed by atoms with van der Waals surface area (Å²) < 4.78 is 5.71. The molecule has 9 rings (SSSR count). The zero-order valence-electron chi connectivity index (χ0n) is 26.0. The second-order valence-electron chi connectivity index (χ2n) is 15.9. The summed E-state index contributed by atoms with van der Waals surface area (Å²) in [4.78, 5) is 11.5. The van der Waals surface area contributed by atoms with Gasteiger partial charge in [-0.05, 0) is 99.2 Å². The van der Waals surface area contributed by atoms with Crippen LogP contribution in [0.1, 0.15) is 96.3 Å². The first-order chi connectivity index (χ1) is 21.2. The molecule has 5 heterocycles. The third-order valence-electron chi connectivity index (χ3n) is 14.0. The van der Waals surface area contributed by atoms with Crippen LogP contribution < -0.4 is 42.5 Å². The van der Waals surface area contributed by atoms with Crippen LogP contribution in [0.2, 0.25) is 0 Å². The monoisotopic (exact) mass is 658 g/mol. The molecular weight excluding hydrogens is 604 g/mol. The Morgan fingerprint density at radius 1 is 0.386 bits per heavy atom. The van der Waals surface area contributed by atoms with E-state index < -0.39 is 0 Å². The number of carbonyl (C=O) groups excluding carboxylic acids is 1. The van der Waals surface area contributed by atoms with Crippen molar-refractivity contribution < 1.29 is 26.6 Å². The van der Waals surface area contributed by atoms with Crippen molar-refractivity contribution in [2.24, 2.45) is 47.3 Å². The number of rotatable bonds is 2. The molecule has 11 heteroatoms. The maximum absolute atomic E-state index is 11.5. The van der Waals surface area contributed by atoms with Crippen LogP contribution in [0.5, 0.6) is 0 Å². The minimum atomic E-state index is -0.0795. The Hall–Kier alpha value is -0.331. The van der Waals surface area contributed by atoms with Crippen LogP contribution >= 0.6 is 0 Å². The molecule has 250 valence electrons. The van der Waals surface area contributed by atoms with Crippen LogP contribution in [0.15, 0.2) is 0 Å². The van der Waals surface area contributed by atoms with E-state index in [9.17, 15) is 4.79 Å². The van der Waals surface area contributed by atoms with E-state index in [4.69, 9.17) is 4.74 Å². The van der Waals surface area contributed by atoms with Crippen LogP contribution in [0.3, 0.4) is 0 Å². The van der Waals surface area contributed by atoms with Gasteiger partial charge in [-0.1, -0.05) is 45.0 Å². The van der Waals surface area contributed by atoms with E-state index in [0.717, 1.165) is 12.8 Å². The molecule has 8 N–H and O–H groups in total. The van der Waals surface area contributed by atoms with E-state index in [1.165, 1.54) is 83.5 Å². The average molecular weight is 659 g/mol. The average Bonchev–Trinajstić information content (AvgIpc) is 3.77. The second-order valence-corrected chi connectivity index (χ2v) is 15.9. The van der Waals surface area contributed by atoms with Crippen molar-refractivity contribution in [3.8, 4) is 0 Å². The Morgan fingerprint density at radius 3 is 1.02 bits per heavy atom. The van der Waals surface area contributed by atoms with Gasteiger partial charge < -0.3 is 9.53 Å². The van der Waals surface area contributed by atoms with E-state index in [0.29, 0.717) is 72.3 Å². The van der Waals surface area contributed by atoms with E-state index >= 15 is 0 Å². The molecule has 0 aromatic heterocycles. The molecule has 0 aromatic rings. The number of hydrogen-bond acceptors (Lipinski definition) is 10. The fourth-order valence-corrected chi connectivity index (χ4v) is 12.2. The molecule has 9 aliphatic rings. The van der Waals surface area contributed by atoms with Gasteiger partial charge in [-0.3, -0.25) is 42.5 Å². The van der Waals surface area contributed by atoms with Gasteiger partial charge in [0.2, 0.25) is 0 Å². The summed E-state index contributed by atoms with van der Waals surface area (Å²) in [6.45, 7) is 1.84. The summed E-state index contributed by atoms with van der Waals surface area (Å²) in [6, 6.07) is 0. The van der Waals surface area contributed by atoms with Gasteiger partial charge in [-0.2, -0.15) is 0 Å². The van der Waals surface area contributed by atoms with Crippen molar-refractivity contribution in [3.05, 3.63) is 0 Å². The Bertz CT molecular complexity index is 1020. The first-order valence-corrected chi connectivity index (χ1v) is 18.4. The number of ether oxygens (including phenoxy) is 1. The maximum Gasteiger partial charge on any atom is 1.00 e. The molecule has 4 aliphatic carbocycles. The molecule has 17 atom stereocenters. The van der Waals surface area contributed by atoms with Crippen LogP contribution in [0, 0.1) is 47.3 Å². The Labute approximate surface area is 274 Å². The van der Waals surface area contributed by atoms with Crippen LogP contribution in [0.4, 0.5) is 0 Å². The molecule has 10 nitrogen and oxygen atoms in total. The molecular formula is C33H55CuN8O2. The Morgan fingerprint density at radius 2 is 0.682 bits per heavy atom. The molecule has 5 saturated heterocycles. The first-order valence-electron chi connectivity index (χ1n) is 18.4. The van der Waals surface area contributed by atoms with Gasteiger partial charge in [-0.25, -0.2) is 0 Å². The number of hydrogen-bond donors (Lipinski definition) is 8. The molecule has 5 aliphatic heterocycles. The van der Waals surface area contributed by atoms with Gasteiger partial charge in [0.15, 0.2) is 0 Å². The van der Waals surface area contributed by atoms with Gasteiger partial charge in [-0.15, -0.1) is 0 Å². The fraction of sp³-hybridized carbons (Fsp3) is 0.970. The largest absolute Gasteiger partial charge is 1.00 e. The van der Waals surface area contributed by atoms with E-state index in [1.54, 1.807) is 0 Å². The summed E-state index contributed by atoms with van der Waals surface area (Å²) in [6.07, 6.45) is 21.3. The normalized spacial score (nSPS) is 54.7. The molecule has 8 bridgehead atoms. The molecule has 17 unspecified atom stereocenters. The zero-order valence-corrected chi connectivity index (χ0v) is 27.0. The molecule has 0 radical (unpaired) electrons. The summed E-state index contributed by atoms with van der Waals surface area (Å²) in [5.74, 6) is 4.63. The molecule has 9 fully saturated rings. The minimum Gasteiger partial charge on any atom is -0.650 e. The summed E-state index contributed by atoms with van der Waals surface area (Å²) in [7, 11) is 0. The molecule has 0 amide bonds. The van der Waals surface area contributed by atoms with Gasteiger partial charge in [0.05, 0.1) is 55.4 Å². The molecule has 0 spiro atoms. The van der Waals surface area contributed by atoms with Crippen LogP contribution in [0.25, 0.3) is 0 Å². The van der Waals surface area contributed by atoms with Crippen molar-refractivity contribution in [2.45, 2.75) is 152 Å². The number of fused-ring (bicyclic) bond motifs is 20. The van der Waals surface area contributed by atoms with E-state index in [1.807, 2.05) is 6.47 Å². The predicted molar refractivity (Wildman–Crippen MR) is 163 cm³/mol. The molecule has 0 aromatic carbocycles. The van der Waals surface area contributed by atoms with Gasteiger partial charge >= 0.3 is 17.1 Å². The quantitative estimate of drug-likeness (QED) is 0.164. The third-order valence-corrected chi connectivity index (χ3v) is 14.0. The zero-order chi connectivity index (χ0) is 28.5. The summed E-state index contributed by atoms with van der Waals surface area (Å²) >= 11 is 0. The Kier molecular flexibility index (Phi) is 9.11. The van der Waals surface area contributed by atoms with E-state index in [-0.39, 0.29) is 47.6 Å². The number of nitrogens with one attached hydrogen (secondary N) is 8. The Balaban J connectivity index is 0.00000289. The second kappa shape index (κ2) is 12.9. The standard InChI is InChI=1S/C33H55N8O2.Cu/c42-16-43-24-15-7-14-23-25(24)33-40-31-22-13-6-5-12-21(22)29(38-31)36-27-18-9-2-1-8-17(18)26(34-27)35-28-19-10-3-4-11-20(19)30(37-28)39-32(23)41-33;/h17-41H,1-15H2;/q-1;+1. The van der Waals surface area contributed by atoms with Crippen molar-refractivity contribution in [2.75, 3.05) is 0 Å². The van der Waals surface area contributed by atoms with Crippen molar-refractivity contribution in [3.63, 3.8) is 0 Å². The van der Waals surface area contributed by atoms with E-state index in [2.05, 4.69) is 42.5 Å². The topological polar surface area (TPSA) is 123 Å². The van der Waals surface area contributed by atoms with Gasteiger partial charge in [0.1, 0.15) is 0 Å². The predicted octanol–water partition coefficient (Wildman–Crippen LogP) is 1.67. The van der Waals surface area contributed by atoms with Crippen LogP contribution in [-0.2, 0) is 26.6 Å². The van der Waals surface area contributed by atoms with Crippen molar-refractivity contribution >= 4 is 6.47 Å². The van der Waals surface area contributed by atoms with Crippen molar-refractivity contribution in [1.29, 1.82) is 0 Å². The molecule has 4 saturated carbocycles. The maximum atomic E-state index is 11.5. The first kappa shape index (κ1) is 31.0. The SMILES string of the molecule is O=[C-]OC1CCCC2C3NC4NC(NC5NC(NC6NC(NC(N3)C12)C1CCCCC61)C1CCCCC51)C1CCCCC41.[Cu+]. The smallest absolute Gasteiger partial charge is 0.650 e. The van der Waals surface area contributed by atoms with Crippen LogP contribution in [-0.4, -0.2) is 61.9 Å². The fourth-order valence-electron chi connectivity index (χ4n) is 12.2. The van der Waals surface area contributed by atoms with Gasteiger partial charge in [0, 0.05) is 5.92 Å². The van der Waals surface area contributed by atoms with Gasteiger partial charge in [0.25, 0.3) is 0 Å². The minimum absolute atomic E-state index is 0. The van der Waals surface area contributed by atoms with Crippen molar-refractivity contribution in [1.82, 2.24) is 42.5 Å².